The molecule has 1 amide bonds. The van der Waals surface area contributed by atoms with Gasteiger partial charge in [-0.25, -0.2) is 0 Å². The molecule has 1 heterocycles. The molecule has 3 N–H and O–H groups in total. The fourth-order valence-corrected chi connectivity index (χ4v) is 2.10. The molecule has 0 bridgehead atoms. The molecule has 0 fully saturated rings. The molecule has 0 saturated heterocycles. The van der Waals surface area contributed by atoms with Crippen LogP contribution in [0.1, 0.15) is 17.3 Å². The number of anilines is 1. The summed E-state index contributed by atoms with van der Waals surface area (Å²) in [5.41, 5.74) is 8.85. The van der Waals surface area contributed by atoms with Crippen LogP contribution in [0.15, 0.2) is 42.7 Å². The van der Waals surface area contributed by atoms with Crippen molar-refractivity contribution in [1.29, 1.82) is 0 Å². The molecule has 0 spiro atoms. The summed E-state index contributed by atoms with van der Waals surface area (Å²) in [7, 11) is 1.61. The first-order valence-electron chi connectivity index (χ1n) is 6.71. The first-order valence-corrected chi connectivity index (χ1v) is 6.71. The zero-order chi connectivity index (χ0) is 15.2. The van der Waals surface area contributed by atoms with Gasteiger partial charge in [-0.2, -0.15) is 0 Å². The van der Waals surface area contributed by atoms with E-state index in [1.165, 1.54) is 0 Å². The van der Waals surface area contributed by atoms with Gasteiger partial charge in [-0.05, 0) is 30.7 Å². The third kappa shape index (κ3) is 3.79. The molecular formula is C16H19N3O2. The van der Waals surface area contributed by atoms with Crippen molar-refractivity contribution in [2.45, 2.75) is 13.0 Å². The van der Waals surface area contributed by atoms with Crippen LogP contribution in [-0.4, -0.2) is 30.6 Å². The van der Waals surface area contributed by atoms with Crippen molar-refractivity contribution in [3.8, 4) is 11.1 Å². The number of hydrogen-bond acceptors (Lipinski definition) is 4. The van der Waals surface area contributed by atoms with E-state index >= 15 is 0 Å². The number of nitrogen functional groups attached to an aromatic ring is 1. The van der Waals surface area contributed by atoms with Crippen LogP contribution in [0.3, 0.4) is 0 Å². The number of nitrogens with zero attached hydrogens (tertiary/aromatic N) is 1. The maximum absolute atomic E-state index is 12.2. The molecule has 5 heteroatoms. The quantitative estimate of drug-likeness (QED) is 0.882. The van der Waals surface area contributed by atoms with Crippen LogP contribution in [-0.2, 0) is 4.74 Å². The summed E-state index contributed by atoms with van der Waals surface area (Å²) in [6.45, 7) is 2.37. The molecule has 0 unspecified atom stereocenters. The van der Waals surface area contributed by atoms with Crippen molar-refractivity contribution in [3.63, 3.8) is 0 Å². The minimum Gasteiger partial charge on any atom is -0.397 e. The highest BCUT2D eigenvalue weighted by atomic mass is 16.5. The van der Waals surface area contributed by atoms with Crippen LogP contribution >= 0.6 is 0 Å². The molecule has 5 nitrogen and oxygen atoms in total. The highest BCUT2D eigenvalue weighted by Gasteiger charge is 2.11. The van der Waals surface area contributed by atoms with E-state index in [0.717, 1.165) is 11.1 Å². The Balaban J connectivity index is 2.22. The summed E-state index contributed by atoms with van der Waals surface area (Å²) in [6.07, 6.45) is 3.28. The van der Waals surface area contributed by atoms with Gasteiger partial charge in [-0.15, -0.1) is 0 Å². The van der Waals surface area contributed by atoms with Gasteiger partial charge in [0.2, 0.25) is 0 Å². The number of rotatable bonds is 5. The number of ether oxygens (including phenoxy) is 1. The molecule has 0 saturated carbocycles. The number of hydrogen-bond donors (Lipinski definition) is 2. The number of methoxy groups -OCH3 is 1. The van der Waals surface area contributed by atoms with Crippen LogP contribution < -0.4 is 11.1 Å². The fourth-order valence-electron chi connectivity index (χ4n) is 2.10. The lowest BCUT2D eigenvalue weighted by Gasteiger charge is -2.13. The summed E-state index contributed by atoms with van der Waals surface area (Å²) >= 11 is 0. The lowest BCUT2D eigenvalue weighted by Crippen LogP contribution is -2.35. The molecule has 2 rings (SSSR count). The van der Waals surface area contributed by atoms with E-state index in [1.54, 1.807) is 25.6 Å². The largest absolute Gasteiger partial charge is 0.397 e. The SMILES string of the molecule is COC[C@H](C)NC(=O)c1cccc(-c2ccncc2N)c1. The van der Waals surface area contributed by atoms with Gasteiger partial charge in [0.1, 0.15) is 0 Å². The van der Waals surface area contributed by atoms with Crippen LogP contribution in [0.2, 0.25) is 0 Å². The zero-order valence-electron chi connectivity index (χ0n) is 12.2. The van der Waals surface area contributed by atoms with Crippen LogP contribution in [0.4, 0.5) is 5.69 Å². The summed E-state index contributed by atoms with van der Waals surface area (Å²) in [5, 5.41) is 2.88. The van der Waals surface area contributed by atoms with Crippen LogP contribution in [0.25, 0.3) is 11.1 Å². The number of nitrogens with one attached hydrogen (secondary N) is 1. The Morgan fingerprint density at radius 2 is 2.24 bits per heavy atom. The van der Waals surface area contributed by atoms with Crippen molar-refractivity contribution in [1.82, 2.24) is 10.3 Å². The minimum atomic E-state index is -0.131. The second kappa shape index (κ2) is 6.85. The van der Waals surface area contributed by atoms with Gasteiger partial charge in [0, 0.05) is 30.5 Å². The smallest absolute Gasteiger partial charge is 0.251 e. The van der Waals surface area contributed by atoms with Crippen molar-refractivity contribution < 1.29 is 9.53 Å². The maximum Gasteiger partial charge on any atom is 0.251 e. The van der Waals surface area contributed by atoms with Gasteiger partial charge in [-0.1, -0.05) is 12.1 Å². The molecule has 0 aliphatic carbocycles. The number of carbonyl (C=O) groups is 1. The highest BCUT2D eigenvalue weighted by molar-refractivity contribution is 5.96. The average molecular weight is 285 g/mol. The Hall–Kier alpha value is -2.40. The number of amides is 1. The normalized spacial score (nSPS) is 11.9. The van der Waals surface area contributed by atoms with Crippen molar-refractivity contribution in [3.05, 3.63) is 48.3 Å². The number of aromatic nitrogens is 1. The molecule has 21 heavy (non-hydrogen) atoms. The monoisotopic (exact) mass is 285 g/mol. The number of carbonyl (C=O) groups excluding carboxylic acids is 1. The van der Waals surface area contributed by atoms with Gasteiger partial charge in [0.15, 0.2) is 0 Å². The molecule has 0 aliphatic rings. The predicted molar refractivity (Wildman–Crippen MR) is 82.9 cm³/mol. The number of pyridine rings is 1. The number of benzene rings is 1. The zero-order valence-corrected chi connectivity index (χ0v) is 12.2. The van der Waals surface area contributed by atoms with Gasteiger partial charge >= 0.3 is 0 Å². The minimum absolute atomic E-state index is 0.0443. The van der Waals surface area contributed by atoms with E-state index in [0.29, 0.717) is 17.9 Å². The fraction of sp³-hybridized carbons (Fsp3) is 0.250. The first-order chi connectivity index (χ1) is 10.1. The lowest BCUT2D eigenvalue weighted by molar-refractivity contribution is 0.0905. The third-order valence-electron chi connectivity index (χ3n) is 3.08. The predicted octanol–water partition coefficient (Wildman–Crippen LogP) is 2.10. The second-order valence-corrected chi connectivity index (χ2v) is 4.87. The topological polar surface area (TPSA) is 77.2 Å². The standard InChI is InChI=1S/C16H19N3O2/c1-11(10-21-2)19-16(20)13-5-3-4-12(8-13)14-6-7-18-9-15(14)17/h3-9,11H,10,17H2,1-2H3,(H,19,20)/t11-/m0/s1. The lowest BCUT2D eigenvalue weighted by atomic mass is 10.0. The summed E-state index contributed by atoms with van der Waals surface area (Å²) in [4.78, 5) is 16.2. The van der Waals surface area contributed by atoms with Gasteiger partial charge in [0.25, 0.3) is 5.91 Å². The Morgan fingerprint density at radius 3 is 2.95 bits per heavy atom. The molecule has 1 atom stereocenters. The van der Waals surface area contributed by atoms with E-state index in [-0.39, 0.29) is 11.9 Å². The molecule has 1 aromatic heterocycles. The van der Waals surface area contributed by atoms with Crippen LogP contribution in [0.5, 0.6) is 0 Å². The van der Waals surface area contributed by atoms with Crippen LogP contribution in [0, 0.1) is 0 Å². The Kier molecular flexibility index (Phi) is 4.90. The molecular weight excluding hydrogens is 266 g/mol. The molecule has 0 radical (unpaired) electrons. The van der Waals surface area contributed by atoms with Crippen molar-refractivity contribution >= 4 is 11.6 Å². The molecule has 2 aromatic rings. The summed E-state index contributed by atoms with van der Waals surface area (Å²) in [5.74, 6) is -0.131. The van der Waals surface area contributed by atoms with Gasteiger partial charge < -0.3 is 15.8 Å². The third-order valence-corrected chi connectivity index (χ3v) is 3.08. The van der Waals surface area contributed by atoms with Gasteiger partial charge in [0.05, 0.1) is 18.5 Å². The molecule has 1 aromatic carbocycles. The second-order valence-electron chi connectivity index (χ2n) is 4.87. The van der Waals surface area contributed by atoms with Crippen molar-refractivity contribution in [2.75, 3.05) is 19.5 Å². The average Bonchev–Trinajstić information content (AvgIpc) is 2.48. The Labute approximate surface area is 124 Å². The molecule has 110 valence electrons. The van der Waals surface area contributed by atoms with E-state index in [2.05, 4.69) is 10.3 Å². The van der Waals surface area contributed by atoms with Gasteiger partial charge in [-0.3, -0.25) is 9.78 Å². The summed E-state index contributed by atoms with van der Waals surface area (Å²) < 4.78 is 5.01. The van der Waals surface area contributed by atoms with E-state index in [9.17, 15) is 4.79 Å². The van der Waals surface area contributed by atoms with E-state index in [1.807, 2.05) is 31.2 Å². The Morgan fingerprint density at radius 1 is 1.43 bits per heavy atom. The summed E-state index contributed by atoms with van der Waals surface area (Å²) in [6, 6.07) is 9.14. The van der Waals surface area contributed by atoms with E-state index in [4.69, 9.17) is 10.5 Å². The Bertz CT molecular complexity index is 628. The first kappa shape index (κ1) is 15.0. The number of nitrogens with two attached hydrogens (primary N) is 1. The van der Waals surface area contributed by atoms with E-state index < -0.39 is 0 Å². The molecule has 0 aliphatic heterocycles. The maximum atomic E-state index is 12.2. The highest BCUT2D eigenvalue weighted by Crippen LogP contribution is 2.25. The van der Waals surface area contributed by atoms with Crippen molar-refractivity contribution in [2.24, 2.45) is 0 Å².